The minimum absolute atomic E-state index is 0. The van der Waals surface area contributed by atoms with Gasteiger partial charge in [0.15, 0.2) is 0 Å². The number of hydrogen-bond donors (Lipinski definition) is 1. The maximum atomic E-state index is 10.8. The van der Waals surface area contributed by atoms with Crippen LogP contribution in [0.3, 0.4) is 0 Å². The summed E-state index contributed by atoms with van der Waals surface area (Å²) in [4.78, 5) is 2.54. The van der Waals surface area contributed by atoms with Crippen molar-refractivity contribution in [1.29, 1.82) is 0 Å². The molecule has 1 N–H and O–H groups in total. The van der Waals surface area contributed by atoms with Crippen LogP contribution in [0, 0.1) is 17.8 Å². The average Bonchev–Trinajstić information content (AvgIpc) is 2.47. The minimum atomic E-state index is -0.371. The molecular weight excluding hydrogens is 346 g/mol. The molecule has 4 aliphatic carbocycles. The lowest BCUT2D eigenvalue weighted by Crippen LogP contribution is -2.61. The number of aliphatic hydroxyl groups excluding tert-OH is 1. The van der Waals surface area contributed by atoms with Gasteiger partial charge in [0, 0.05) is 17.6 Å². The van der Waals surface area contributed by atoms with Gasteiger partial charge < -0.3 is 9.84 Å². The molecule has 1 unspecified atom stereocenters. The Morgan fingerprint density at radius 2 is 1.38 bits per heavy atom. The molecule has 0 spiro atoms. The first-order chi connectivity index (χ1) is 11.7. The molecule has 4 saturated carbocycles. The highest BCUT2D eigenvalue weighted by Gasteiger charge is 2.52. The number of halogens is 1. The van der Waals surface area contributed by atoms with E-state index in [9.17, 15) is 5.11 Å². The Bertz CT molecular complexity index is 453. The second kappa shape index (κ2) is 7.21. The molecule has 5 rings (SSSR count). The summed E-state index contributed by atoms with van der Waals surface area (Å²) in [5.41, 5.74) is 0.454. The van der Waals surface area contributed by atoms with E-state index in [0.717, 1.165) is 24.3 Å². The zero-order chi connectivity index (χ0) is 17.9. The van der Waals surface area contributed by atoms with E-state index < -0.39 is 0 Å². The average molecular weight is 386 g/mol. The molecule has 4 bridgehead atoms. The summed E-state index contributed by atoms with van der Waals surface area (Å²) >= 11 is 0. The van der Waals surface area contributed by atoms with Gasteiger partial charge in [-0.05, 0) is 103 Å². The van der Waals surface area contributed by atoms with Crippen LogP contribution in [0.1, 0.15) is 85.5 Å². The highest BCUT2D eigenvalue weighted by molar-refractivity contribution is 5.85. The van der Waals surface area contributed by atoms with Gasteiger partial charge in [-0.1, -0.05) is 0 Å². The van der Waals surface area contributed by atoms with Crippen molar-refractivity contribution in [3.05, 3.63) is 0 Å². The van der Waals surface area contributed by atoms with Gasteiger partial charge in [-0.2, -0.15) is 0 Å². The smallest absolute Gasteiger partial charge is 0.0900 e. The van der Waals surface area contributed by atoms with Crippen LogP contribution >= 0.6 is 12.4 Å². The number of piperidine rings is 1. The summed E-state index contributed by atoms with van der Waals surface area (Å²) in [5, 5.41) is 10.8. The molecule has 1 atom stereocenters. The molecule has 152 valence electrons. The predicted octanol–water partition coefficient (Wildman–Crippen LogP) is 4.80. The Balaban J connectivity index is 0.00000196. The number of nitrogens with zero attached hydrogens (tertiary/aromatic N) is 1. The van der Waals surface area contributed by atoms with Gasteiger partial charge in [-0.15, -0.1) is 12.4 Å². The fraction of sp³-hybridized carbons (Fsp3) is 1.00. The first kappa shape index (κ1) is 20.9. The van der Waals surface area contributed by atoms with Crippen LogP contribution in [0.4, 0.5) is 0 Å². The molecule has 26 heavy (non-hydrogen) atoms. The standard InChI is InChI=1S/C22H39NO2.ClH/c1-20(2)6-5-7-21(3,4)23(20)14-19(24)15-25-22-11-16-8-17(12-22)10-18(9-16)13-22;/h16-19,24H,5-15H2,1-4H3;1H. The Morgan fingerprint density at radius 3 is 1.85 bits per heavy atom. The quantitative estimate of drug-likeness (QED) is 0.737. The lowest BCUT2D eigenvalue weighted by atomic mass is 9.54. The molecule has 3 nitrogen and oxygen atoms in total. The summed E-state index contributed by atoms with van der Waals surface area (Å²) in [6, 6.07) is 0. The highest BCUT2D eigenvalue weighted by atomic mass is 35.5. The van der Waals surface area contributed by atoms with Crippen LogP contribution < -0.4 is 0 Å². The number of hydrogen-bond acceptors (Lipinski definition) is 3. The van der Waals surface area contributed by atoms with Gasteiger partial charge in [0.25, 0.3) is 0 Å². The maximum absolute atomic E-state index is 10.8. The molecule has 0 radical (unpaired) electrons. The molecule has 0 amide bonds. The number of β-amino-alcohol motifs (C(OH)–C–C–N with tert-alkyl or cyclic N) is 1. The predicted molar refractivity (Wildman–Crippen MR) is 109 cm³/mol. The Kier molecular flexibility index (Phi) is 5.79. The van der Waals surface area contributed by atoms with Crippen LogP contribution in [0.25, 0.3) is 0 Å². The van der Waals surface area contributed by atoms with E-state index in [4.69, 9.17) is 4.74 Å². The monoisotopic (exact) mass is 385 g/mol. The van der Waals surface area contributed by atoms with E-state index in [0.29, 0.717) is 6.61 Å². The van der Waals surface area contributed by atoms with E-state index in [2.05, 4.69) is 32.6 Å². The van der Waals surface area contributed by atoms with E-state index in [1.165, 1.54) is 57.8 Å². The van der Waals surface area contributed by atoms with Crippen molar-refractivity contribution in [1.82, 2.24) is 4.90 Å². The molecule has 1 aliphatic heterocycles. The SMILES string of the molecule is CC1(C)CCCC(C)(C)N1CC(O)COC12CC3CC(CC(C3)C1)C2.Cl. The van der Waals surface area contributed by atoms with Gasteiger partial charge in [0.05, 0.1) is 18.3 Å². The fourth-order valence-electron chi connectivity index (χ4n) is 7.28. The van der Waals surface area contributed by atoms with Crippen molar-refractivity contribution in [2.45, 2.75) is 108 Å². The van der Waals surface area contributed by atoms with Gasteiger partial charge in [-0.3, -0.25) is 4.90 Å². The largest absolute Gasteiger partial charge is 0.389 e. The number of aliphatic hydroxyl groups is 1. The first-order valence-electron chi connectivity index (χ1n) is 10.8. The first-order valence-corrected chi connectivity index (χ1v) is 10.8. The van der Waals surface area contributed by atoms with Gasteiger partial charge >= 0.3 is 0 Å². The molecule has 0 aromatic carbocycles. The second-order valence-corrected chi connectivity index (χ2v) is 11.2. The zero-order valence-electron chi connectivity index (χ0n) is 17.3. The van der Waals surface area contributed by atoms with Crippen molar-refractivity contribution in [2.75, 3.05) is 13.2 Å². The van der Waals surface area contributed by atoms with E-state index in [1.54, 1.807) is 0 Å². The van der Waals surface area contributed by atoms with Crippen molar-refractivity contribution in [2.24, 2.45) is 17.8 Å². The molecule has 1 heterocycles. The molecule has 4 heteroatoms. The third-order valence-electron chi connectivity index (χ3n) is 8.00. The third-order valence-corrected chi connectivity index (χ3v) is 8.00. The lowest BCUT2D eigenvalue weighted by Gasteiger charge is -2.56. The van der Waals surface area contributed by atoms with Gasteiger partial charge in [-0.25, -0.2) is 0 Å². The molecule has 5 fully saturated rings. The summed E-state index contributed by atoms with van der Waals surface area (Å²) in [7, 11) is 0. The molecular formula is C22H40ClNO2. The van der Waals surface area contributed by atoms with Gasteiger partial charge in [0.1, 0.15) is 0 Å². The summed E-state index contributed by atoms with van der Waals surface area (Å²) in [6.45, 7) is 10.6. The maximum Gasteiger partial charge on any atom is 0.0900 e. The van der Waals surface area contributed by atoms with E-state index in [-0.39, 0.29) is 35.2 Å². The van der Waals surface area contributed by atoms with Crippen molar-refractivity contribution < 1.29 is 9.84 Å². The molecule has 5 aliphatic rings. The van der Waals surface area contributed by atoms with Crippen molar-refractivity contribution >= 4 is 12.4 Å². The summed E-state index contributed by atoms with van der Waals surface area (Å²) in [6.07, 6.45) is 11.5. The topological polar surface area (TPSA) is 32.7 Å². The van der Waals surface area contributed by atoms with Gasteiger partial charge in [0.2, 0.25) is 0 Å². The molecule has 1 saturated heterocycles. The number of rotatable bonds is 5. The zero-order valence-corrected chi connectivity index (χ0v) is 18.1. The summed E-state index contributed by atoms with van der Waals surface area (Å²) in [5.74, 6) is 2.72. The Hall–Kier alpha value is 0.170. The van der Waals surface area contributed by atoms with E-state index in [1.807, 2.05) is 0 Å². The van der Waals surface area contributed by atoms with Crippen LogP contribution in [-0.4, -0.2) is 45.9 Å². The Labute approximate surface area is 166 Å². The van der Waals surface area contributed by atoms with Crippen LogP contribution in [0.5, 0.6) is 0 Å². The van der Waals surface area contributed by atoms with E-state index >= 15 is 0 Å². The Morgan fingerprint density at radius 1 is 0.923 bits per heavy atom. The molecule has 0 aromatic rings. The normalized spacial score (nSPS) is 41.7. The molecule has 0 aromatic heterocycles. The number of likely N-dealkylation sites (tertiary alicyclic amines) is 1. The van der Waals surface area contributed by atoms with Crippen molar-refractivity contribution in [3.63, 3.8) is 0 Å². The second-order valence-electron chi connectivity index (χ2n) is 11.2. The van der Waals surface area contributed by atoms with Crippen LogP contribution in [0.15, 0.2) is 0 Å². The van der Waals surface area contributed by atoms with Crippen LogP contribution in [0.2, 0.25) is 0 Å². The summed E-state index contributed by atoms with van der Waals surface area (Å²) < 4.78 is 6.51. The lowest BCUT2D eigenvalue weighted by molar-refractivity contribution is -0.179. The highest BCUT2D eigenvalue weighted by Crippen LogP contribution is 2.57. The minimum Gasteiger partial charge on any atom is -0.389 e. The fourth-order valence-corrected chi connectivity index (χ4v) is 7.28. The third kappa shape index (κ3) is 3.97. The van der Waals surface area contributed by atoms with Crippen LogP contribution in [-0.2, 0) is 4.74 Å². The number of ether oxygens (including phenoxy) is 1. The van der Waals surface area contributed by atoms with Crippen molar-refractivity contribution in [3.8, 4) is 0 Å².